The first-order valence-electron chi connectivity index (χ1n) is 15.7. The third-order valence-corrected chi connectivity index (χ3v) is 10.7. The van der Waals surface area contributed by atoms with E-state index < -0.39 is 11.6 Å². The molecule has 5 aliphatic rings. The minimum Gasteiger partial charge on any atom is -0.357 e. The third kappa shape index (κ3) is 4.96. The summed E-state index contributed by atoms with van der Waals surface area (Å²) < 4.78 is 1.52. The number of aryl methyl sites for hydroxylation is 1. The van der Waals surface area contributed by atoms with Crippen molar-refractivity contribution in [1.29, 1.82) is 0 Å². The standard InChI is InChI=1S/C32H41N7O4/c1-33-29(42)32(39-18-31(11-3-12-31)17-34-30(39)43)15-21-8-9-23(14-22(21)16-32)36-28(41)26(25(19-4-5-19)20-6-7-20)37-27(40)24-10-13-35-38(24)2/h8-10,13-14,19-20,25-26H,3-7,11-12,15-18H2,1-2H3,(H,33,42)(H,34,43)(H,36,41)(H,37,40)/t26-,32?/m0/s1. The van der Waals surface area contributed by atoms with Gasteiger partial charge in [0, 0.05) is 57.3 Å². The lowest BCUT2D eigenvalue weighted by atomic mass is 9.67. The first-order chi connectivity index (χ1) is 20.7. The highest BCUT2D eigenvalue weighted by molar-refractivity contribution is 6.01. The predicted octanol–water partition coefficient (Wildman–Crippen LogP) is 2.37. The number of fused-ring (bicyclic) bond motifs is 1. The Bertz CT molecular complexity index is 1460. The van der Waals surface area contributed by atoms with Crippen LogP contribution in [0.4, 0.5) is 10.5 Å². The summed E-state index contributed by atoms with van der Waals surface area (Å²) in [5, 5.41) is 16.2. The lowest BCUT2D eigenvalue weighted by Crippen LogP contribution is -2.70. The molecule has 11 nitrogen and oxygen atoms in total. The number of aromatic nitrogens is 2. The van der Waals surface area contributed by atoms with Crippen molar-refractivity contribution in [2.45, 2.75) is 69.4 Å². The van der Waals surface area contributed by atoms with E-state index in [-0.39, 0.29) is 35.1 Å². The van der Waals surface area contributed by atoms with Gasteiger partial charge in [-0.2, -0.15) is 5.10 Å². The highest BCUT2D eigenvalue weighted by atomic mass is 16.2. The lowest BCUT2D eigenvalue weighted by molar-refractivity contribution is -0.133. The Hall–Kier alpha value is -3.89. The normalized spacial score (nSPS) is 24.6. The van der Waals surface area contributed by atoms with Crippen LogP contribution in [-0.2, 0) is 29.5 Å². The van der Waals surface area contributed by atoms with E-state index in [0.717, 1.165) is 56.1 Å². The van der Waals surface area contributed by atoms with E-state index in [1.165, 1.54) is 4.68 Å². The second kappa shape index (κ2) is 10.4. The van der Waals surface area contributed by atoms with Crippen molar-refractivity contribution in [2.24, 2.45) is 30.2 Å². The van der Waals surface area contributed by atoms with Crippen molar-refractivity contribution < 1.29 is 19.2 Å². The molecule has 4 N–H and O–H groups in total. The van der Waals surface area contributed by atoms with Gasteiger partial charge in [0.05, 0.1) is 0 Å². The fourth-order valence-corrected chi connectivity index (χ4v) is 7.88. The lowest BCUT2D eigenvalue weighted by Gasteiger charge is -2.53. The topological polar surface area (TPSA) is 137 Å². The van der Waals surface area contributed by atoms with E-state index >= 15 is 0 Å². The second-order valence-corrected chi connectivity index (χ2v) is 13.6. The Labute approximate surface area is 251 Å². The van der Waals surface area contributed by atoms with Gasteiger partial charge in [-0.3, -0.25) is 19.1 Å². The molecule has 43 heavy (non-hydrogen) atoms. The van der Waals surface area contributed by atoms with Gasteiger partial charge in [-0.25, -0.2) is 4.79 Å². The summed E-state index contributed by atoms with van der Waals surface area (Å²) in [5.41, 5.74) is 2.00. The number of nitrogens with one attached hydrogen (secondary N) is 4. The van der Waals surface area contributed by atoms with Gasteiger partial charge in [0.25, 0.3) is 5.91 Å². The zero-order valence-corrected chi connectivity index (χ0v) is 24.9. The van der Waals surface area contributed by atoms with Gasteiger partial charge in [-0.05, 0) is 85.6 Å². The van der Waals surface area contributed by atoms with Gasteiger partial charge in [-0.15, -0.1) is 0 Å². The number of benzene rings is 1. The van der Waals surface area contributed by atoms with E-state index in [1.807, 2.05) is 18.2 Å². The Kier molecular flexibility index (Phi) is 6.74. The largest absolute Gasteiger partial charge is 0.357 e. The fourth-order valence-electron chi connectivity index (χ4n) is 7.88. The highest BCUT2D eigenvalue weighted by Crippen LogP contribution is 2.51. The Morgan fingerprint density at radius 1 is 1.05 bits per heavy atom. The van der Waals surface area contributed by atoms with Crippen molar-refractivity contribution in [3.63, 3.8) is 0 Å². The monoisotopic (exact) mass is 587 g/mol. The van der Waals surface area contributed by atoms with Gasteiger partial charge in [0.2, 0.25) is 11.8 Å². The maximum atomic E-state index is 13.9. The second-order valence-electron chi connectivity index (χ2n) is 13.6. The molecule has 1 aliphatic heterocycles. The van der Waals surface area contributed by atoms with Crippen molar-refractivity contribution in [3.8, 4) is 0 Å². The number of hydrogen-bond acceptors (Lipinski definition) is 5. The van der Waals surface area contributed by atoms with Gasteiger partial charge in [0.1, 0.15) is 17.3 Å². The molecule has 2 atom stereocenters. The number of likely N-dealkylation sites (N-methyl/N-ethyl adjacent to an activating group) is 1. The summed E-state index contributed by atoms with van der Waals surface area (Å²) >= 11 is 0. The summed E-state index contributed by atoms with van der Waals surface area (Å²) in [6.07, 6.45) is 9.96. The van der Waals surface area contributed by atoms with E-state index in [1.54, 1.807) is 31.3 Å². The molecule has 5 amide bonds. The van der Waals surface area contributed by atoms with Gasteiger partial charge in [0.15, 0.2) is 0 Å². The zero-order valence-electron chi connectivity index (χ0n) is 24.9. The number of anilines is 1. The zero-order chi connectivity index (χ0) is 29.9. The van der Waals surface area contributed by atoms with Crippen LogP contribution in [0.2, 0.25) is 0 Å². The maximum absolute atomic E-state index is 13.9. The molecular formula is C32H41N7O4. The van der Waals surface area contributed by atoms with Gasteiger partial charge >= 0.3 is 6.03 Å². The first kappa shape index (κ1) is 27.9. The maximum Gasteiger partial charge on any atom is 0.318 e. The average Bonchev–Trinajstić information content (AvgIpc) is 3.91. The quantitative estimate of drug-likeness (QED) is 0.357. The molecule has 1 saturated heterocycles. The van der Waals surface area contributed by atoms with Crippen LogP contribution in [0.3, 0.4) is 0 Å². The van der Waals surface area contributed by atoms with Crippen molar-refractivity contribution in [1.82, 2.24) is 30.6 Å². The molecule has 1 unspecified atom stereocenters. The van der Waals surface area contributed by atoms with Crippen LogP contribution in [0, 0.1) is 23.2 Å². The summed E-state index contributed by atoms with van der Waals surface area (Å²) in [7, 11) is 3.34. The summed E-state index contributed by atoms with van der Waals surface area (Å²) in [5.74, 6) is 0.284. The van der Waals surface area contributed by atoms with E-state index in [9.17, 15) is 19.2 Å². The molecule has 7 rings (SSSR count). The number of rotatable bonds is 9. The van der Waals surface area contributed by atoms with Crippen LogP contribution >= 0.6 is 0 Å². The van der Waals surface area contributed by atoms with E-state index in [0.29, 0.717) is 49.1 Å². The number of carbonyl (C=O) groups is 4. The minimum absolute atomic E-state index is 0.0391. The number of urea groups is 1. The SMILES string of the molecule is CNC(=O)C1(N2CC3(CCC3)CNC2=O)Cc2ccc(NC(=O)[C@@H](NC(=O)c3ccnn3C)C(C3CC3)C3CC3)cc2C1. The average molecular weight is 588 g/mol. The van der Waals surface area contributed by atoms with Crippen molar-refractivity contribution >= 4 is 29.4 Å². The Morgan fingerprint density at radius 2 is 1.77 bits per heavy atom. The first-order valence-corrected chi connectivity index (χ1v) is 15.7. The molecule has 1 spiro atoms. The number of hydrogen-bond donors (Lipinski definition) is 4. The van der Waals surface area contributed by atoms with E-state index in [4.69, 9.17) is 0 Å². The third-order valence-electron chi connectivity index (χ3n) is 10.7. The summed E-state index contributed by atoms with van der Waals surface area (Å²) in [6, 6.07) is 6.56. The molecule has 0 radical (unpaired) electrons. The molecule has 1 aromatic heterocycles. The predicted molar refractivity (Wildman–Crippen MR) is 159 cm³/mol. The number of amides is 5. The molecule has 1 aromatic carbocycles. The van der Waals surface area contributed by atoms with Gasteiger partial charge in [-0.1, -0.05) is 12.5 Å². The molecular weight excluding hydrogens is 546 g/mol. The molecule has 11 heteroatoms. The fraction of sp³-hybridized carbons (Fsp3) is 0.594. The molecule has 2 aromatic rings. The molecule has 2 heterocycles. The number of carbonyl (C=O) groups excluding carboxylic acids is 4. The molecule has 0 bridgehead atoms. The Balaban J connectivity index is 1.13. The van der Waals surface area contributed by atoms with Crippen LogP contribution in [0.1, 0.15) is 66.6 Å². The number of nitrogens with zero attached hydrogens (tertiary/aromatic N) is 3. The van der Waals surface area contributed by atoms with Crippen LogP contribution in [0.5, 0.6) is 0 Å². The van der Waals surface area contributed by atoms with Crippen LogP contribution < -0.4 is 21.3 Å². The Morgan fingerprint density at radius 3 is 2.37 bits per heavy atom. The summed E-state index contributed by atoms with van der Waals surface area (Å²) in [4.78, 5) is 55.6. The van der Waals surface area contributed by atoms with Crippen LogP contribution in [-0.4, -0.2) is 70.2 Å². The molecule has 3 saturated carbocycles. The van der Waals surface area contributed by atoms with Crippen molar-refractivity contribution in [3.05, 3.63) is 47.3 Å². The molecule has 4 fully saturated rings. The smallest absolute Gasteiger partial charge is 0.318 e. The van der Waals surface area contributed by atoms with Gasteiger partial charge < -0.3 is 26.2 Å². The van der Waals surface area contributed by atoms with E-state index in [2.05, 4.69) is 26.4 Å². The minimum atomic E-state index is -1.02. The highest BCUT2D eigenvalue weighted by Gasteiger charge is 2.55. The van der Waals surface area contributed by atoms with Crippen LogP contribution in [0.25, 0.3) is 0 Å². The molecule has 228 valence electrons. The van der Waals surface area contributed by atoms with Crippen LogP contribution in [0.15, 0.2) is 30.5 Å². The van der Waals surface area contributed by atoms with Crippen molar-refractivity contribution in [2.75, 3.05) is 25.5 Å². The summed E-state index contributed by atoms with van der Waals surface area (Å²) in [6.45, 7) is 1.24. The molecule has 4 aliphatic carbocycles.